The molecule has 5 nitrogen and oxygen atoms in total. The number of likely N-dealkylation sites (tertiary alicyclic amines) is 1. The predicted molar refractivity (Wildman–Crippen MR) is 71.0 cm³/mol. The van der Waals surface area contributed by atoms with Crippen molar-refractivity contribution in [2.24, 2.45) is 0 Å². The lowest BCUT2D eigenvalue weighted by molar-refractivity contribution is -0.120. The second kappa shape index (κ2) is 8.90. The number of nitriles is 1. The van der Waals surface area contributed by atoms with Gasteiger partial charge in [0, 0.05) is 6.04 Å². The van der Waals surface area contributed by atoms with Crippen molar-refractivity contribution in [2.45, 2.75) is 38.6 Å². The van der Waals surface area contributed by atoms with Crippen LogP contribution < -0.4 is 10.6 Å². The molecule has 1 unspecified atom stereocenters. The first-order valence-corrected chi connectivity index (χ1v) is 6.82. The van der Waals surface area contributed by atoms with Crippen molar-refractivity contribution in [1.29, 1.82) is 5.26 Å². The Labute approximate surface area is 110 Å². The Morgan fingerprint density at radius 2 is 2.33 bits per heavy atom. The number of amides is 1. The summed E-state index contributed by atoms with van der Waals surface area (Å²) in [6.07, 6.45) is 5.04. The molecule has 1 atom stereocenters. The molecule has 0 saturated carbocycles. The summed E-state index contributed by atoms with van der Waals surface area (Å²) < 4.78 is 0. The van der Waals surface area contributed by atoms with E-state index in [1.54, 1.807) is 0 Å². The van der Waals surface area contributed by atoms with E-state index >= 15 is 0 Å². The van der Waals surface area contributed by atoms with Gasteiger partial charge in [0.05, 0.1) is 12.6 Å². The first-order valence-electron chi connectivity index (χ1n) is 6.82. The molecule has 1 rings (SSSR count). The number of carbonyl (C=O) groups excluding carboxylic acids is 1. The lowest BCUT2D eigenvalue weighted by Gasteiger charge is -2.33. The molecule has 1 saturated heterocycles. The minimum Gasteiger partial charge on any atom is -0.342 e. The third-order valence-corrected chi connectivity index (χ3v) is 3.39. The Balaban J connectivity index is 1.98. The summed E-state index contributed by atoms with van der Waals surface area (Å²) in [6, 6.07) is 2.59. The highest BCUT2D eigenvalue weighted by Crippen LogP contribution is 2.15. The lowest BCUT2D eigenvalue weighted by atomic mass is 10.0. The van der Waals surface area contributed by atoms with Crippen LogP contribution in [0, 0.1) is 11.3 Å². The van der Waals surface area contributed by atoms with Crippen LogP contribution in [0.25, 0.3) is 0 Å². The number of nitrogens with one attached hydrogen (secondary N) is 2. The first kappa shape index (κ1) is 14.9. The van der Waals surface area contributed by atoms with E-state index in [9.17, 15) is 4.79 Å². The standard InChI is InChI=1S/C13H24N4O/c1-12-5-2-3-9-17(12)10-4-7-15-11-13(18)16-8-6-14/h12,15H,2-5,7-11H2,1H3,(H,16,18). The highest BCUT2D eigenvalue weighted by molar-refractivity contribution is 5.78. The molecule has 0 aliphatic carbocycles. The highest BCUT2D eigenvalue weighted by Gasteiger charge is 2.16. The maximum absolute atomic E-state index is 11.2. The molecule has 2 N–H and O–H groups in total. The second-order valence-electron chi connectivity index (χ2n) is 4.85. The molecular formula is C13H24N4O. The van der Waals surface area contributed by atoms with Crippen LogP contribution in [0.3, 0.4) is 0 Å². The Kier molecular flexibility index (Phi) is 7.38. The lowest BCUT2D eigenvalue weighted by Crippen LogP contribution is -2.39. The molecule has 5 heteroatoms. The molecule has 102 valence electrons. The smallest absolute Gasteiger partial charge is 0.234 e. The monoisotopic (exact) mass is 252 g/mol. The molecule has 1 aliphatic rings. The van der Waals surface area contributed by atoms with Crippen molar-refractivity contribution >= 4 is 5.91 Å². The van der Waals surface area contributed by atoms with Gasteiger partial charge in [-0.1, -0.05) is 6.42 Å². The number of piperidine rings is 1. The van der Waals surface area contributed by atoms with Crippen molar-refractivity contribution in [3.05, 3.63) is 0 Å². The SMILES string of the molecule is CC1CCCCN1CCCNCC(=O)NCC#N. The van der Waals surface area contributed by atoms with Gasteiger partial charge in [-0.3, -0.25) is 4.79 Å². The van der Waals surface area contributed by atoms with Crippen LogP contribution in [-0.4, -0.2) is 49.6 Å². The van der Waals surface area contributed by atoms with Crippen LogP contribution in [0.1, 0.15) is 32.6 Å². The molecule has 0 aromatic heterocycles. The van der Waals surface area contributed by atoms with Gasteiger partial charge < -0.3 is 15.5 Å². The summed E-state index contributed by atoms with van der Waals surface area (Å²) in [5, 5.41) is 13.9. The average Bonchev–Trinajstić information content (AvgIpc) is 2.38. The number of rotatable bonds is 7. The van der Waals surface area contributed by atoms with Gasteiger partial charge in [0.1, 0.15) is 6.54 Å². The van der Waals surface area contributed by atoms with Crippen LogP contribution in [0.4, 0.5) is 0 Å². The van der Waals surface area contributed by atoms with E-state index in [1.807, 2.05) is 6.07 Å². The van der Waals surface area contributed by atoms with E-state index in [-0.39, 0.29) is 12.5 Å². The van der Waals surface area contributed by atoms with Gasteiger partial charge in [-0.05, 0) is 45.8 Å². The molecule has 0 radical (unpaired) electrons. The highest BCUT2D eigenvalue weighted by atomic mass is 16.1. The van der Waals surface area contributed by atoms with E-state index in [0.29, 0.717) is 12.6 Å². The van der Waals surface area contributed by atoms with Gasteiger partial charge in [0.25, 0.3) is 0 Å². The number of hydrogen-bond donors (Lipinski definition) is 2. The summed E-state index contributed by atoms with van der Waals surface area (Å²) in [5.41, 5.74) is 0. The zero-order chi connectivity index (χ0) is 13.2. The van der Waals surface area contributed by atoms with Crippen LogP contribution >= 0.6 is 0 Å². The molecule has 1 fully saturated rings. The molecular weight excluding hydrogens is 228 g/mol. The summed E-state index contributed by atoms with van der Waals surface area (Å²) in [7, 11) is 0. The van der Waals surface area contributed by atoms with Gasteiger partial charge in [-0.25, -0.2) is 0 Å². The van der Waals surface area contributed by atoms with Crippen molar-refractivity contribution in [2.75, 3.05) is 32.7 Å². The zero-order valence-electron chi connectivity index (χ0n) is 11.2. The van der Waals surface area contributed by atoms with Gasteiger partial charge in [-0.15, -0.1) is 0 Å². The summed E-state index contributed by atoms with van der Waals surface area (Å²) in [6.45, 7) is 5.85. The predicted octanol–water partition coefficient (Wildman–Crippen LogP) is 0.480. The number of carbonyl (C=O) groups is 1. The fraction of sp³-hybridized carbons (Fsp3) is 0.846. The summed E-state index contributed by atoms with van der Waals surface area (Å²) in [4.78, 5) is 13.7. The van der Waals surface area contributed by atoms with Gasteiger partial charge in [0.2, 0.25) is 5.91 Å². The number of nitrogens with zero attached hydrogens (tertiary/aromatic N) is 2. The van der Waals surface area contributed by atoms with E-state index in [0.717, 1.165) is 19.5 Å². The zero-order valence-corrected chi connectivity index (χ0v) is 11.2. The van der Waals surface area contributed by atoms with Crippen molar-refractivity contribution in [3.63, 3.8) is 0 Å². The first-order chi connectivity index (χ1) is 8.74. The van der Waals surface area contributed by atoms with Crippen LogP contribution in [0.15, 0.2) is 0 Å². The summed E-state index contributed by atoms with van der Waals surface area (Å²) >= 11 is 0. The van der Waals surface area contributed by atoms with Crippen LogP contribution in [0.5, 0.6) is 0 Å². The Bertz CT molecular complexity index is 287. The Morgan fingerprint density at radius 3 is 3.06 bits per heavy atom. The molecule has 0 spiro atoms. The van der Waals surface area contributed by atoms with E-state index in [2.05, 4.69) is 22.5 Å². The number of hydrogen-bond acceptors (Lipinski definition) is 4. The maximum Gasteiger partial charge on any atom is 0.234 e. The molecule has 0 bridgehead atoms. The Hall–Kier alpha value is -1.12. The molecule has 0 aromatic carbocycles. The minimum atomic E-state index is -0.108. The van der Waals surface area contributed by atoms with Gasteiger partial charge >= 0.3 is 0 Å². The third kappa shape index (κ3) is 5.99. The van der Waals surface area contributed by atoms with Gasteiger partial charge in [0.15, 0.2) is 0 Å². The maximum atomic E-state index is 11.2. The fourth-order valence-corrected chi connectivity index (χ4v) is 2.30. The quantitative estimate of drug-likeness (QED) is 0.511. The van der Waals surface area contributed by atoms with Crippen molar-refractivity contribution < 1.29 is 4.79 Å². The van der Waals surface area contributed by atoms with E-state index < -0.39 is 0 Å². The second-order valence-corrected chi connectivity index (χ2v) is 4.85. The Morgan fingerprint density at radius 1 is 1.50 bits per heavy atom. The van der Waals surface area contributed by atoms with Crippen LogP contribution in [-0.2, 0) is 4.79 Å². The largest absolute Gasteiger partial charge is 0.342 e. The van der Waals surface area contributed by atoms with Crippen LogP contribution in [0.2, 0.25) is 0 Å². The molecule has 1 aliphatic heterocycles. The average molecular weight is 252 g/mol. The third-order valence-electron chi connectivity index (χ3n) is 3.39. The molecule has 18 heavy (non-hydrogen) atoms. The van der Waals surface area contributed by atoms with E-state index in [1.165, 1.54) is 25.8 Å². The minimum absolute atomic E-state index is 0.0891. The molecule has 1 amide bonds. The van der Waals surface area contributed by atoms with Gasteiger partial charge in [-0.2, -0.15) is 5.26 Å². The van der Waals surface area contributed by atoms with Crippen molar-refractivity contribution in [1.82, 2.24) is 15.5 Å². The van der Waals surface area contributed by atoms with E-state index in [4.69, 9.17) is 5.26 Å². The summed E-state index contributed by atoms with van der Waals surface area (Å²) in [5.74, 6) is -0.108. The molecule has 0 aromatic rings. The fourth-order valence-electron chi connectivity index (χ4n) is 2.30. The van der Waals surface area contributed by atoms with Crippen molar-refractivity contribution in [3.8, 4) is 6.07 Å². The topological polar surface area (TPSA) is 68.2 Å². The normalized spacial score (nSPS) is 20.3. The molecule has 1 heterocycles.